The number of hydrogen-bond donors (Lipinski definition) is 1. The number of anilines is 1. The topological polar surface area (TPSA) is 94.8 Å². The van der Waals surface area contributed by atoms with Crippen LogP contribution in [0.1, 0.15) is 18.1 Å². The molecule has 0 saturated heterocycles. The zero-order chi connectivity index (χ0) is 20.8. The van der Waals surface area contributed by atoms with Crippen LogP contribution in [0.25, 0.3) is 11.0 Å². The smallest absolute Gasteiger partial charge is 0.344 e. The van der Waals surface area contributed by atoms with Crippen LogP contribution < -0.4 is 15.7 Å². The Morgan fingerprint density at radius 3 is 2.66 bits per heavy atom. The van der Waals surface area contributed by atoms with E-state index in [9.17, 15) is 14.4 Å². The average molecular weight is 395 g/mol. The summed E-state index contributed by atoms with van der Waals surface area (Å²) in [6.45, 7) is 3.01. The first-order valence-electron chi connectivity index (χ1n) is 9.17. The summed E-state index contributed by atoms with van der Waals surface area (Å²) in [4.78, 5) is 35.3. The number of ether oxygens (including phenoxy) is 2. The number of aryl methyl sites for hydroxylation is 2. The molecule has 7 heteroatoms. The van der Waals surface area contributed by atoms with Crippen LogP contribution in [-0.4, -0.2) is 25.1 Å². The number of benzene rings is 2. The Balaban J connectivity index is 1.51. The third-order valence-electron chi connectivity index (χ3n) is 4.32. The van der Waals surface area contributed by atoms with Crippen LogP contribution in [0.5, 0.6) is 5.75 Å². The third kappa shape index (κ3) is 5.22. The molecule has 0 atom stereocenters. The highest BCUT2D eigenvalue weighted by atomic mass is 16.6. The molecule has 150 valence electrons. The lowest BCUT2D eigenvalue weighted by atomic mass is 10.1. The quantitative estimate of drug-likeness (QED) is 0.488. The summed E-state index contributed by atoms with van der Waals surface area (Å²) in [6.07, 6.45) is 0.773. The summed E-state index contributed by atoms with van der Waals surface area (Å²) in [5, 5.41) is 3.50. The molecule has 0 aliphatic carbocycles. The first kappa shape index (κ1) is 20.1. The predicted molar refractivity (Wildman–Crippen MR) is 108 cm³/mol. The number of fused-ring (bicyclic) bond motifs is 1. The van der Waals surface area contributed by atoms with Gasteiger partial charge in [0.25, 0.3) is 5.91 Å². The van der Waals surface area contributed by atoms with Gasteiger partial charge in [0.05, 0.1) is 0 Å². The van der Waals surface area contributed by atoms with Crippen molar-refractivity contribution in [2.75, 3.05) is 18.5 Å². The van der Waals surface area contributed by atoms with Gasteiger partial charge in [0.15, 0.2) is 13.2 Å². The molecule has 3 rings (SSSR count). The van der Waals surface area contributed by atoms with E-state index < -0.39 is 24.1 Å². The van der Waals surface area contributed by atoms with E-state index in [-0.39, 0.29) is 6.61 Å². The number of carbonyl (C=O) groups excluding carboxylic acids is 2. The highest BCUT2D eigenvalue weighted by Gasteiger charge is 2.11. The summed E-state index contributed by atoms with van der Waals surface area (Å²) in [5.74, 6) is -0.763. The van der Waals surface area contributed by atoms with Gasteiger partial charge in [-0.05, 0) is 42.7 Å². The molecule has 0 aliphatic heterocycles. The van der Waals surface area contributed by atoms with Gasteiger partial charge in [-0.15, -0.1) is 0 Å². The van der Waals surface area contributed by atoms with Gasteiger partial charge in [-0.25, -0.2) is 9.59 Å². The normalized spacial score (nSPS) is 10.6. The molecule has 0 saturated carbocycles. The Labute approximate surface area is 167 Å². The first-order chi connectivity index (χ1) is 14.0. The fraction of sp³-hybridized carbons (Fsp3) is 0.227. The van der Waals surface area contributed by atoms with Gasteiger partial charge in [0.1, 0.15) is 11.3 Å². The number of rotatable bonds is 7. The van der Waals surface area contributed by atoms with Crippen LogP contribution in [-0.2, 0) is 20.7 Å². The Morgan fingerprint density at radius 2 is 1.86 bits per heavy atom. The predicted octanol–water partition coefficient (Wildman–Crippen LogP) is 3.22. The summed E-state index contributed by atoms with van der Waals surface area (Å²) in [6, 6.07) is 13.8. The second-order valence-corrected chi connectivity index (χ2v) is 6.41. The van der Waals surface area contributed by atoms with Crippen molar-refractivity contribution >= 4 is 28.5 Å². The lowest BCUT2D eigenvalue weighted by Gasteiger charge is -2.10. The van der Waals surface area contributed by atoms with E-state index in [1.807, 2.05) is 25.1 Å². The molecule has 1 heterocycles. The van der Waals surface area contributed by atoms with Crippen molar-refractivity contribution in [2.45, 2.75) is 20.3 Å². The third-order valence-corrected chi connectivity index (χ3v) is 4.32. The second-order valence-electron chi connectivity index (χ2n) is 6.41. The molecule has 2 aromatic carbocycles. The van der Waals surface area contributed by atoms with Gasteiger partial charge in [-0.1, -0.05) is 25.1 Å². The molecule has 7 nitrogen and oxygen atoms in total. The Bertz CT molecular complexity index is 1100. The summed E-state index contributed by atoms with van der Waals surface area (Å²) < 4.78 is 15.5. The highest BCUT2D eigenvalue weighted by molar-refractivity contribution is 5.93. The minimum Gasteiger partial charge on any atom is -0.482 e. The number of para-hydroxylation sites is 1. The Kier molecular flexibility index (Phi) is 6.29. The van der Waals surface area contributed by atoms with Crippen LogP contribution in [0.2, 0.25) is 0 Å². The number of amides is 1. The molecule has 1 amide bonds. The number of carbonyl (C=O) groups is 2. The molecule has 0 spiro atoms. The van der Waals surface area contributed by atoms with Crippen LogP contribution in [0.3, 0.4) is 0 Å². The zero-order valence-corrected chi connectivity index (χ0v) is 16.2. The van der Waals surface area contributed by atoms with Gasteiger partial charge in [0, 0.05) is 23.2 Å². The highest BCUT2D eigenvalue weighted by Crippen LogP contribution is 2.22. The molecule has 0 aliphatic rings. The van der Waals surface area contributed by atoms with Gasteiger partial charge >= 0.3 is 11.6 Å². The molecule has 0 fully saturated rings. The van der Waals surface area contributed by atoms with Crippen molar-refractivity contribution in [1.82, 2.24) is 0 Å². The first-order valence-corrected chi connectivity index (χ1v) is 9.17. The molecule has 0 unspecified atom stereocenters. The van der Waals surface area contributed by atoms with Gasteiger partial charge in [-0.2, -0.15) is 0 Å². The summed E-state index contributed by atoms with van der Waals surface area (Å²) in [5.41, 5.74) is 2.39. The van der Waals surface area contributed by atoms with Crippen molar-refractivity contribution < 1.29 is 23.5 Å². The molecule has 1 aromatic heterocycles. The van der Waals surface area contributed by atoms with E-state index in [1.54, 1.807) is 25.1 Å². The Hall–Kier alpha value is -3.61. The van der Waals surface area contributed by atoms with Crippen LogP contribution >= 0.6 is 0 Å². The molecule has 29 heavy (non-hydrogen) atoms. The van der Waals surface area contributed by atoms with Crippen molar-refractivity contribution in [2.24, 2.45) is 0 Å². The van der Waals surface area contributed by atoms with Crippen molar-refractivity contribution in [3.63, 3.8) is 0 Å². The van der Waals surface area contributed by atoms with E-state index in [0.29, 0.717) is 17.0 Å². The molecule has 0 radical (unpaired) electrons. The maximum absolute atomic E-state index is 12.0. The number of nitrogens with one attached hydrogen (secondary N) is 1. The SMILES string of the molecule is CCc1ccccc1NC(=O)COC(=O)COc1ccc2c(C)cc(=O)oc2c1. The number of hydrogen-bond acceptors (Lipinski definition) is 6. The zero-order valence-electron chi connectivity index (χ0n) is 16.2. The fourth-order valence-corrected chi connectivity index (χ4v) is 2.86. The second kappa shape index (κ2) is 9.05. The summed E-state index contributed by atoms with van der Waals surface area (Å²) >= 11 is 0. The van der Waals surface area contributed by atoms with Crippen molar-refractivity contribution in [1.29, 1.82) is 0 Å². The minimum absolute atomic E-state index is 0.351. The maximum Gasteiger partial charge on any atom is 0.344 e. The van der Waals surface area contributed by atoms with Crippen molar-refractivity contribution in [3.8, 4) is 5.75 Å². The molecular weight excluding hydrogens is 374 g/mol. The molecule has 0 bridgehead atoms. The van der Waals surface area contributed by atoms with Crippen LogP contribution in [0.4, 0.5) is 5.69 Å². The minimum atomic E-state index is -0.685. The Morgan fingerprint density at radius 1 is 1.07 bits per heavy atom. The average Bonchev–Trinajstić information content (AvgIpc) is 2.70. The molecule has 3 aromatic rings. The lowest BCUT2D eigenvalue weighted by Crippen LogP contribution is -2.24. The van der Waals surface area contributed by atoms with Crippen LogP contribution in [0, 0.1) is 6.92 Å². The van der Waals surface area contributed by atoms with Gasteiger partial charge < -0.3 is 19.2 Å². The maximum atomic E-state index is 12.0. The van der Waals surface area contributed by atoms with Gasteiger partial charge in [0.2, 0.25) is 0 Å². The largest absolute Gasteiger partial charge is 0.482 e. The molecule has 1 N–H and O–H groups in total. The molecular formula is C22H21NO6. The van der Waals surface area contributed by atoms with E-state index >= 15 is 0 Å². The standard InChI is InChI=1S/C22H21NO6/c1-3-15-6-4-5-7-18(15)23-20(24)12-28-22(26)13-27-16-8-9-17-14(2)10-21(25)29-19(17)11-16/h4-11H,3,12-13H2,1-2H3,(H,23,24). The fourth-order valence-electron chi connectivity index (χ4n) is 2.86. The van der Waals surface area contributed by atoms with Crippen LogP contribution in [0.15, 0.2) is 57.7 Å². The van der Waals surface area contributed by atoms with E-state index in [0.717, 1.165) is 22.9 Å². The van der Waals surface area contributed by atoms with E-state index in [1.165, 1.54) is 12.1 Å². The van der Waals surface area contributed by atoms with Crippen molar-refractivity contribution in [3.05, 3.63) is 70.1 Å². The van der Waals surface area contributed by atoms with E-state index in [4.69, 9.17) is 13.9 Å². The van der Waals surface area contributed by atoms with E-state index in [2.05, 4.69) is 5.32 Å². The lowest BCUT2D eigenvalue weighted by molar-refractivity contribution is -0.149. The van der Waals surface area contributed by atoms with Gasteiger partial charge in [-0.3, -0.25) is 4.79 Å². The summed E-state index contributed by atoms with van der Waals surface area (Å²) in [7, 11) is 0. The number of esters is 1. The monoisotopic (exact) mass is 395 g/mol.